The maximum absolute atomic E-state index is 6.19. The Bertz CT molecular complexity index is 728. The minimum Gasteiger partial charge on any atom is -0.357 e. The van der Waals surface area contributed by atoms with Gasteiger partial charge < -0.3 is 4.22 Å². The first-order valence-electron chi connectivity index (χ1n) is 7.88. The van der Waals surface area contributed by atoms with Crippen molar-refractivity contribution in [3.05, 3.63) is 22.2 Å². The monoisotopic (exact) mass is 375 g/mol. The minimum atomic E-state index is 0.540. The molecule has 0 amide bonds. The lowest BCUT2D eigenvalue weighted by molar-refractivity contribution is 0.666. The van der Waals surface area contributed by atoms with Crippen LogP contribution in [0.25, 0.3) is 10.9 Å². The number of halogens is 1. The Kier molecular flexibility index (Phi) is 3.72. The SMILES string of the molecule is [B]N(SC)c1nn(C2CC2)c2c(Br)ccc(CC3CC3C)c12. The summed E-state index contributed by atoms with van der Waals surface area (Å²) in [5, 5.41) is 6.09. The lowest BCUT2D eigenvalue weighted by atomic mass is 10.0. The summed E-state index contributed by atoms with van der Waals surface area (Å²) >= 11 is 5.24. The largest absolute Gasteiger partial charge is 0.357 e. The number of aromatic nitrogens is 2. The fraction of sp³-hybridized carbons (Fsp3) is 0.562. The molecule has 1 aromatic carbocycles. The van der Waals surface area contributed by atoms with Gasteiger partial charge in [-0.05, 0) is 65.1 Å². The third kappa shape index (κ3) is 2.48. The van der Waals surface area contributed by atoms with Crippen LogP contribution in [0.2, 0.25) is 0 Å². The van der Waals surface area contributed by atoms with E-state index in [0.717, 1.165) is 28.5 Å². The van der Waals surface area contributed by atoms with Crippen molar-refractivity contribution >= 4 is 52.6 Å². The molecule has 2 aliphatic carbocycles. The molecule has 4 rings (SSSR count). The van der Waals surface area contributed by atoms with E-state index in [-0.39, 0.29) is 0 Å². The molecule has 2 atom stereocenters. The van der Waals surface area contributed by atoms with Crippen molar-refractivity contribution < 1.29 is 0 Å². The summed E-state index contributed by atoms with van der Waals surface area (Å²) in [5.41, 5.74) is 2.60. The highest BCUT2D eigenvalue weighted by Gasteiger charge is 2.34. The zero-order valence-electron chi connectivity index (χ0n) is 12.9. The van der Waals surface area contributed by atoms with Crippen LogP contribution in [0.1, 0.15) is 37.8 Å². The highest BCUT2D eigenvalue weighted by atomic mass is 79.9. The molecule has 1 aromatic heterocycles. The van der Waals surface area contributed by atoms with E-state index in [1.54, 1.807) is 4.22 Å². The molecular formula is C16H19BBrN3S. The first-order chi connectivity index (χ1) is 10.6. The van der Waals surface area contributed by atoms with Crippen molar-refractivity contribution in [1.29, 1.82) is 0 Å². The van der Waals surface area contributed by atoms with Gasteiger partial charge in [-0.2, -0.15) is 5.10 Å². The van der Waals surface area contributed by atoms with E-state index in [9.17, 15) is 0 Å². The predicted molar refractivity (Wildman–Crippen MR) is 98.4 cm³/mol. The van der Waals surface area contributed by atoms with Crippen LogP contribution < -0.4 is 4.22 Å². The van der Waals surface area contributed by atoms with Gasteiger partial charge >= 0.3 is 0 Å². The molecule has 22 heavy (non-hydrogen) atoms. The molecule has 0 N–H and O–H groups in total. The van der Waals surface area contributed by atoms with E-state index in [4.69, 9.17) is 13.1 Å². The second-order valence-corrected chi connectivity index (χ2v) is 8.23. The van der Waals surface area contributed by atoms with Gasteiger partial charge in [0, 0.05) is 16.1 Å². The van der Waals surface area contributed by atoms with E-state index in [1.165, 1.54) is 47.7 Å². The summed E-state index contributed by atoms with van der Waals surface area (Å²) in [6.07, 6.45) is 6.91. The highest BCUT2D eigenvalue weighted by molar-refractivity contribution is 9.10. The minimum absolute atomic E-state index is 0.540. The van der Waals surface area contributed by atoms with Crippen molar-refractivity contribution in [2.45, 2.75) is 38.6 Å². The van der Waals surface area contributed by atoms with Crippen molar-refractivity contribution in [3.63, 3.8) is 0 Å². The van der Waals surface area contributed by atoms with E-state index in [0.29, 0.717) is 6.04 Å². The maximum Gasteiger partial charge on any atom is 0.247 e. The van der Waals surface area contributed by atoms with Crippen LogP contribution in [0.4, 0.5) is 5.82 Å². The normalized spacial score (nSPS) is 24.0. The quantitative estimate of drug-likeness (QED) is 0.567. The van der Waals surface area contributed by atoms with Crippen molar-refractivity contribution in [2.24, 2.45) is 11.8 Å². The van der Waals surface area contributed by atoms with Crippen molar-refractivity contribution in [2.75, 3.05) is 10.5 Å². The molecule has 0 saturated heterocycles. The van der Waals surface area contributed by atoms with Crippen LogP contribution in [-0.2, 0) is 6.42 Å². The number of hydrogen-bond donors (Lipinski definition) is 0. The van der Waals surface area contributed by atoms with Crippen LogP contribution in [-0.4, -0.2) is 24.0 Å². The van der Waals surface area contributed by atoms with Crippen LogP contribution >= 0.6 is 27.9 Å². The first-order valence-corrected chi connectivity index (χ1v) is 9.86. The van der Waals surface area contributed by atoms with Gasteiger partial charge in [0.2, 0.25) is 7.98 Å². The molecule has 2 radical (unpaired) electrons. The summed E-state index contributed by atoms with van der Waals surface area (Å²) in [6.45, 7) is 2.34. The van der Waals surface area contributed by atoms with Gasteiger partial charge in [-0.15, -0.1) is 0 Å². The van der Waals surface area contributed by atoms with E-state index in [2.05, 4.69) is 39.7 Å². The summed E-state index contributed by atoms with van der Waals surface area (Å²) in [6, 6.07) is 4.96. The Morgan fingerprint density at radius 1 is 1.45 bits per heavy atom. The molecule has 2 aliphatic rings. The molecule has 0 bridgehead atoms. The van der Waals surface area contributed by atoms with Crippen molar-refractivity contribution in [1.82, 2.24) is 9.78 Å². The molecule has 0 aliphatic heterocycles. The van der Waals surface area contributed by atoms with Crippen LogP contribution in [0.15, 0.2) is 16.6 Å². The van der Waals surface area contributed by atoms with Gasteiger partial charge in [-0.3, -0.25) is 4.68 Å². The second-order valence-electron chi connectivity index (χ2n) is 6.62. The third-order valence-electron chi connectivity index (χ3n) is 4.93. The Morgan fingerprint density at radius 2 is 2.18 bits per heavy atom. The fourth-order valence-electron chi connectivity index (χ4n) is 3.24. The Labute approximate surface area is 145 Å². The smallest absolute Gasteiger partial charge is 0.247 e. The number of anilines is 1. The predicted octanol–water partition coefficient (Wildman–Crippen LogP) is 4.50. The average molecular weight is 376 g/mol. The Balaban J connectivity index is 1.90. The highest BCUT2D eigenvalue weighted by Crippen LogP contribution is 2.46. The summed E-state index contributed by atoms with van der Waals surface area (Å²) in [5.74, 6) is 2.58. The second kappa shape index (κ2) is 5.48. The molecule has 0 spiro atoms. The molecule has 114 valence electrons. The molecule has 6 heteroatoms. The first kappa shape index (κ1) is 14.9. The van der Waals surface area contributed by atoms with Gasteiger partial charge in [0.15, 0.2) is 5.82 Å². The standard InChI is InChI=1S/C16H19BBrN3S/c1-9-7-11(9)8-10-3-6-13(18)15-14(10)16(21(17)22-2)19-20(15)12-4-5-12/h3,6,9,11-12H,4-5,7-8H2,1-2H3. The number of fused-ring (bicyclic) bond motifs is 1. The fourth-order valence-corrected chi connectivity index (χ4v) is 4.06. The molecule has 3 nitrogen and oxygen atoms in total. The Morgan fingerprint density at radius 3 is 2.77 bits per heavy atom. The maximum atomic E-state index is 6.19. The number of nitrogens with zero attached hydrogens (tertiary/aromatic N) is 3. The number of hydrogen-bond acceptors (Lipinski definition) is 3. The summed E-state index contributed by atoms with van der Waals surface area (Å²) in [4.78, 5) is 0. The van der Waals surface area contributed by atoms with Gasteiger partial charge in [0.1, 0.15) is 0 Å². The van der Waals surface area contributed by atoms with Gasteiger partial charge in [-0.1, -0.05) is 24.9 Å². The molecule has 2 aromatic rings. The van der Waals surface area contributed by atoms with E-state index < -0.39 is 0 Å². The van der Waals surface area contributed by atoms with E-state index >= 15 is 0 Å². The van der Waals surface area contributed by atoms with E-state index in [1.807, 2.05) is 6.26 Å². The zero-order valence-corrected chi connectivity index (χ0v) is 15.3. The van der Waals surface area contributed by atoms with Gasteiger partial charge in [0.25, 0.3) is 0 Å². The lowest BCUT2D eigenvalue weighted by Crippen LogP contribution is -2.09. The van der Waals surface area contributed by atoms with Crippen LogP contribution in [0.5, 0.6) is 0 Å². The zero-order chi connectivity index (χ0) is 15.4. The molecular weight excluding hydrogens is 357 g/mol. The summed E-state index contributed by atoms with van der Waals surface area (Å²) in [7, 11) is 6.19. The van der Waals surface area contributed by atoms with Crippen molar-refractivity contribution in [3.8, 4) is 0 Å². The topological polar surface area (TPSA) is 21.1 Å². The van der Waals surface area contributed by atoms with Crippen LogP contribution in [0.3, 0.4) is 0 Å². The molecule has 1 heterocycles. The van der Waals surface area contributed by atoms with Crippen LogP contribution in [0, 0.1) is 11.8 Å². The molecule has 2 unspecified atom stereocenters. The average Bonchev–Trinajstić information content (AvgIpc) is 3.42. The summed E-state index contributed by atoms with van der Waals surface area (Å²) < 4.78 is 5.01. The molecule has 2 fully saturated rings. The van der Waals surface area contributed by atoms with Gasteiger partial charge in [-0.25, -0.2) is 0 Å². The Hall–Kier alpha value is -0.615. The third-order valence-corrected chi connectivity index (χ3v) is 6.13. The number of rotatable bonds is 5. The van der Waals surface area contributed by atoms with Gasteiger partial charge in [0.05, 0.1) is 11.6 Å². The lowest BCUT2D eigenvalue weighted by Gasteiger charge is -2.14. The number of benzene rings is 1. The molecule has 2 saturated carbocycles.